The second kappa shape index (κ2) is 8.41. The van der Waals surface area contributed by atoms with E-state index >= 15 is 0 Å². The van der Waals surface area contributed by atoms with Crippen LogP contribution >= 0.6 is 11.8 Å². The molecule has 2 heteroatoms. The van der Waals surface area contributed by atoms with Gasteiger partial charge in [0.1, 0.15) is 0 Å². The van der Waals surface area contributed by atoms with Gasteiger partial charge in [-0.25, -0.2) is 0 Å². The van der Waals surface area contributed by atoms with E-state index < -0.39 is 0 Å². The van der Waals surface area contributed by atoms with Gasteiger partial charge in [-0.3, -0.25) is 0 Å². The second-order valence-corrected chi connectivity index (χ2v) is 4.71. The first-order valence-corrected chi connectivity index (χ1v) is 5.64. The minimum atomic E-state index is 0.793. The van der Waals surface area contributed by atoms with E-state index in [1.807, 2.05) is 11.8 Å². The molecule has 0 aromatic rings. The first-order valence-electron chi connectivity index (χ1n) is 4.59. The van der Waals surface area contributed by atoms with Crippen molar-refractivity contribution in [2.45, 2.75) is 38.9 Å². The van der Waals surface area contributed by atoms with Gasteiger partial charge in [0.05, 0.1) is 0 Å². The minimum absolute atomic E-state index is 0.793. The zero-order valence-corrected chi connectivity index (χ0v) is 8.84. The first-order chi connectivity index (χ1) is 5.27. The number of rotatable bonds is 7. The molecule has 0 amide bonds. The van der Waals surface area contributed by atoms with Crippen LogP contribution in [-0.2, 0) is 0 Å². The molecule has 1 nitrogen and oxygen atoms in total. The van der Waals surface area contributed by atoms with E-state index in [1.54, 1.807) is 0 Å². The Bertz CT molecular complexity index is 74.0. The smallest absolute Gasteiger partial charge is 0.000968 e. The SMILES string of the molecule is CCCNCCCSC(C)C. The van der Waals surface area contributed by atoms with Crippen molar-refractivity contribution < 1.29 is 0 Å². The van der Waals surface area contributed by atoms with Crippen molar-refractivity contribution in [1.29, 1.82) is 0 Å². The van der Waals surface area contributed by atoms with Crippen molar-refractivity contribution in [1.82, 2.24) is 5.32 Å². The molecule has 11 heavy (non-hydrogen) atoms. The molecule has 0 radical (unpaired) electrons. The van der Waals surface area contributed by atoms with Crippen molar-refractivity contribution in [3.8, 4) is 0 Å². The Morgan fingerprint density at radius 2 is 2.00 bits per heavy atom. The maximum Gasteiger partial charge on any atom is -0.000968 e. The average molecular weight is 175 g/mol. The molecule has 0 aromatic carbocycles. The lowest BCUT2D eigenvalue weighted by molar-refractivity contribution is 0.664. The van der Waals surface area contributed by atoms with Crippen LogP contribution in [0.25, 0.3) is 0 Å². The molecule has 0 heterocycles. The molecule has 68 valence electrons. The molecule has 0 aliphatic rings. The van der Waals surface area contributed by atoms with E-state index in [0.29, 0.717) is 0 Å². The van der Waals surface area contributed by atoms with Crippen LogP contribution < -0.4 is 5.32 Å². The molecule has 0 aromatic heterocycles. The zero-order valence-electron chi connectivity index (χ0n) is 8.02. The van der Waals surface area contributed by atoms with E-state index in [9.17, 15) is 0 Å². The summed E-state index contributed by atoms with van der Waals surface area (Å²) in [5.74, 6) is 1.30. The fourth-order valence-electron chi connectivity index (χ4n) is 0.818. The third-order valence-corrected chi connectivity index (χ3v) is 2.57. The Labute approximate surface area is 75.3 Å². The summed E-state index contributed by atoms with van der Waals surface area (Å²) in [6.45, 7) is 9.07. The minimum Gasteiger partial charge on any atom is -0.317 e. The van der Waals surface area contributed by atoms with Gasteiger partial charge in [0, 0.05) is 0 Å². The molecule has 0 saturated heterocycles. The fraction of sp³-hybridized carbons (Fsp3) is 1.00. The van der Waals surface area contributed by atoms with Gasteiger partial charge in [0.2, 0.25) is 0 Å². The fourth-order valence-corrected chi connectivity index (χ4v) is 1.60. The van der Waals surface area contributed by atoms with Crippen LogP contribution in [0.3, 0.4) is 0 Å². The highest BCUT2D eigenvalue weighted by Crippen LogP contribution is 2.09. The summed E-state index contributed by atoms with van der Waals surface area (Å²) in [4.78, 5) is 0. The van der Waals surface area contributed by atoms with Crippen molar-refractivity contribution in [2.75, 3.05) is 18.8 Å². The van der Waals surface area contributed by atoms with Crippen LogP contribution in [0.15, 0.2) is 0 Å². The highest BCUT2D eigenvalue weighted by atomic mass is 32.2. The van der Waals surface area contributed by atoms with Gasteiger partial charge in [-0.1, -0.05) is 20.8 Å². The number of hydrogen-bond acceptors (Lipinski definition) is 2. The normalized spacial score (nSPS) is 10.9. The van der Waals surface area contributed by atoms with Crippen molar-refractivity contribution in [3.05, 3.63) is 0 Å². The van der Waals surface area contributed by atoms with Crippen LogP contribution in [0.2, 0.25) is 0 Å². The van der Waals surface area contributed by atoms with Crippen LogP contribution in [0.1, 0.15) is 33.6 Å². The van der Waals surface area contributed by atoms with Gasteiger partial charge in [-0.05, 0) is 36.9 Å². The standard InChI is InChI=1S/C9H21NS/c1-4-6-10-7-5-8-11-9(2)3/h9-10H,4-8H2,1-3H3. The molecule has 0 saturated carbocycles. The van der Waals surface area contributed by atoms with Crippen LogP contribution in [0, 0.1) is 0 Å². The topological polar surface area (TPSA) is 12.0 Å². The number of hydrogen-bond donors (Lipinski definition) is 1. The summed E-state index contributed by atoms with van der Waals surface area (Å²) in [7, 11) is 0. The summed E-state index contributed by atoms with van der Waals surface area (Å²) >= 11 is 2.05. The molecule has 0 bridgehead atoms. The highest BCUT2D eigenvalue weighted by Gasteiger charge is 1.92. The molecule has 0 fully saturated rings. The van der Waals surface area contributed by atoms with Crippen LogP contribution in [0.5, 0.6) is 0 Å². The number of nitrogens with one attached hydrogen (secondary N) is 1. The van der Waals surface area contributed by atoms with Gasteiger partial charge in [-0.2, -0.15) is 11.8 Å². The highest BCUT2D eigenvalue weighted by molar-refractivity contribution is 7.99. The Morgan fingerprint density at radius 1 is 1.27 bits per heavy atom. The molecule has 0 spiro atoms. The molecule has 0 unspecified atom stereocenters. The van der Waals surface area contributed by atoms with Crippen molar-refractivity contribution in [2.24, 2.45) is 0 Å². The molecule has 1 N–H and O–H groups in total. The van der Waals surface area contributed by atoms with Crippen LogP contribution in [0.4, 0.5) is 0 Å². The van der Waals surface area contributed by atoms with Gasteiger partial charge in [0.15, 0.2) is 0 Å². The predicted molar refractivity (Wildman–Crippen MR) is 55.4 cm³/mol. The third kappa shape index (κ3) is 10.3. The summed E-state index contributed by atoms with van der Waals surface area (Å²) in [6, 6.07) is 0. The lowest BCUT2D eigenvalue weighted by Gasteiger charge is -2.04. The third-order valence-electron chi connectivity index (χ3n) is 1.38. The van der Waals surface area contributed by atoms with Gasteiger partial charge in [0.25, 0.3) is 0 Å². The lowest BCUT2D eigenvalue weighted by atomic mass is 10.4. The van der Waals surface area contributed by atoms with Crippen molar-refractivity contribution in [3.63, 3.8) is 0 Å². The summed E-state index contributed by atoms with van der Waals surface area (Å²) in [5, 5.41) is 4.19. The Balaban J connectivity index is 2.80. The quantitative estimate of drug-likeness (QED) is 0.597. The average Bonchev–Trinajstić information content (AvgIpc) is 1.96. The zero-order chi connectivity index (χ0) is 8.53. The van der Waals surface area contributed by atoms with E-state index in [2.05, 4.69) is 26.1 Å². The Morgan fingerprint density at radius 3 is 2.55 bits per heavy atom. The lowest BCUT2D eigenvalue weighted by Crippen LogP contribution is -2.16. The molecule has 0 aliphatic carbocycles. The van der Waals surface area contributed by atoms with E-state index in [0.717, 1.165) is 5.25 Å². The predicted octanol–water partition coefficient (Wildman–Crippen LogP) is 2.52. The molecule has 0 aliphatic heterocycles. The summed E-state index contributed by atoms with van der Waals surface area (Å²) < 4.78 is 0. The molecular formula is C9H21NS. The summed E-state index contributed by atoms with van der Waals surface area (Å²) in [6.07, 6.45) is 2.56. The molecule has 0 atom stereocenters. The van der Waals surface area contributed by atoms with Gasteiger partial charge < -0.3 is 5.32 Å². The molecular weight excluding hydrogens is 154 g/mol. The van der Waals surface area contributed by atoms with E-state index in [-0.39, 0.29) is 0 Å². The van der Waals surface area contributed by atoms with Gasteiger partial charge in [-0.15, -0.1) is 0 Å². The Hall–Kier alpha value is 0.310. The monoisotopic (exact) mass is 175 g/mol. The summed E-state index contributed by atoms with van der Waals surface area (Å²) in [5.41, 5.74) is 0. The largest absolute Gasteiger partial charge is 0.317 e. The molecule has 0 rings (SSSR count). The van der Waals surface area contributed by atoms with E-state index in [4.69, 9.17) is 0 Å². The maximum atomic E-state index is 3.40. The second-order valence-electron chi connectivity index (χ2n) is 3.02. The van der Waals surface area contributed by atoms with Crippen molar-refractivity contribution >= 4 is 11.8 Å². The first kappa shape index (κ1) is 11.3. The number of thioether (sulfide) groups is 1. The Kier molecular flexibility index (Phi) is 8.64. The van der Waals surface area contributed by atoms with Gasteiger partial charge >= 0.3 is 0 Å². The van der Waals surface area contributed by atoms with Crippen LogP contribution in [-0.4, -0.2) is 24.1 Å². The maximum absolute atomic E-state index is 3.40. The van der Waals surface area contributed by atoms with E-state index in [1.165, 1.54) is 31.7 Å².